The van der Waals surface area contributed by atoms with E-state index in [0.29, 0.717) is 18.3 Å². The Morgan fingerprint density at radius 3 is 2.85 bits per heavy atom. The van der Waals surface area contributed by atoms with Gasteiger partial charge in [-0.2, -0.15) is 0 Å². The molecule has 4 nitrogen and oxygen atoms in total. The molecular weight excluding hydrogens is 483 g/mol. The average molecular weight is 531 g/mol. The number of allylic oxidation sites excluding steroid dienone is 9. The Hall–Kier alpha value is -2.82. The topological polar surface area (TPSA) is 49.1 Å². The largest absolute Gasteiger partial charge is 0.347 e. The van der Waals surface area contributed by atoms with Crippen LogP contribution in [0.5, 0.6) is 0 Å². The lowest BCUT2D eigenvalue weighted by Gasteiger charge is -2.21. The zero-order chi connectivity index (χ0) is 27.8. The molecule has 5 heteroatoms. The Kier molecular flexibility index (Phi) is 10.1. The van der Waals surface area contributed by atoms with Crippen LogP contribution in [-0.4, -0.2) is 37.1 Å². The van der Waals surface area contributed by atoms with Gasteiger partial charge in [-0.3, -0.25) is 9.98 Å². The van der Waals surface area contributed by atoms with Crippen LogP contribution in [0.1, 0.15) is 86.0 Å². The second-order valence-corrected chi connectivity index (χ2v) is 12.3. The third-order valence-electron chi connectivity index (χ3n) is 8.44. The molecule has 1 saturated carbocycles. The van der Waals surface area contributed by atoms with E-state index in [4.69, 9.17) is 4.99 Å². The van der Waals surface area contributed by atoms with Crippen LogP contribution >= 0.6 is 0 Å². The van der Waals surface area contributed by atoms with Crippen molar-refractivity contribution in [2.75, 3.05) is 13.1 Å². The Morgan fingerprint density at radius 2 is 2.10 bits per heavy atom. The molecule has 0 radical (unpaired) electrons. The highest BCUT2D eigenvalue weighted by molar-refractivity contribution is 6.03. The number of halogens is 1. The lowest BCUT2D eigenvalue weighted by atomic mass is 9.86. The second-order valence-electron chi connectivity index (χ2n) is 12.3. The predicted octanol–water partition coefficient (Wildman–Crippen LogP) is 8.42. The van der Waals surface area contributed by atoms with Gasteiger partial charge in [-0.25, -0.2) is 9.38 Å². The zero-order valence-electron chi connectivity index (χ0n) is 24.6. The van der Waals surface area contributed by atoms with E-state index in [-0.39, 0.29) is 5.41 Å². The molecule has 0 bridgehead atoms. The first-order valence-corrected chi connectivity index (χ1v) is 14.8. The molecule has 39 heavy (non-hydrogen) atoms. The van der Waals surface area contributed by atoms with E-state index in [1.54, 1.807) is 11.6 Å². The number of hydrogen-bond donors (Lipinski definition) is 1. The van der Waals surface area contributed by atoms with Gasteiger partial charge in [-0.05, 0) is 99.3 Å². The highest BCUT2D eigenvalue weighted by Gasteiger charge is 2.47. The summed E-state index contributed by atoms with van der Waals surface area (Å²) < 4.78 is 13.6. The Labute approximate surface area is 235 Å². The first-order chi connectivity index (χ1) is 18.7. The lowest BCUT2D eigenvalue weighted by Crippen LogP contribution is -2.23. The van der Waals surface area contributed by atoms with Crippen LogP contribution in [0.4, 0.5) is 4.39 Å². The maximum atomic E-state index is 13.6. The Morgan fingerprint density at radius 1 is 1.26 bits per heavy atom. The fraction of sp³-hybridized carbons (Fsp3) is 0.559. The fourth-order valence-corrected chi connectivity index (χ4v) is 5.93. The molecule has 1 N–H and O–H groups in total. The highest BCUT2D eigenvalue weighted by atomic mass is 19.1. The molecule has 2 heterocycles. The van der Waals surface area contributed by atoms with Crippen molar-refractivity contribution in [3.63, 3.8) is 0 Å². The summed E-state index contributed by atoms with van der Waals surface area (Å²) in [7, 11) is 0. The summed E-state index contributed by atoms with van der Waals surface area (Å²) in [6.45, 7) is 13.1. The fourth-order valence-electron chi connectivity index (χ4n) is 5.93. The molecule has 2 aliphatic heterocycles. The van der Waals surface area contributed by atoms with Crippen LogP contribution in [0.3, 0.4) is 0 Å². The molecule has 0 aromatic carbocycles. The molecule has 4 rings (SSSR count). The first kappa shape index (κ1) is 29.2. The summed E-state index contributed by atoms with van der Waals surface area (Å²) in [6.07, 6.45) is 23.3. The minimum atomic E-state index is -0.852. The van der Waals surface area contributed by atoms with Crippen LogP contribution in [-0.2, 0) is 0 Å². The Balaban J connectivity index is 1.42. The van der Waals surface area contributed by atoms with E-state index in [9.17, 15) is 4.39 Å². The molecule has 4 aliphatic rings. The minimum absolute atomic E-state index is 0.239. The molecule has 0 amide bonds. The van der Waals surface area contributed by atoms with Gasteiger partial charge in [0.1, 0.15) is 17.8 Å². The quantitative estimate of drug-likeness (QED) is 0.224. The van der Waals surface area contributed by atoms with Crippen LogP contribution in [0.2, 0.25) is 0 Å². The summed E-state index contributed by atoms with van der Waals surface area (Å²) >= 11 is 0. The normalized spacial score (nSPS) is 27.9. The van der Waals surface area contributed by atoms with Crippen LogP contribution < -0.4 is 5.32 Å². The van der Waals surface area contributed by atoms with Crippen LogP contribution in [0.15, 0.2) is 85.5 Å². The summed E-state index contributed by atoms with van der Waals surface area (Å²) in [4.78, 5) is 13.8. The number of nitrogens with zero attached hydrogens (tertiary/aromatic N) is 3. The number of dihydropyridines is 2. The standard InChI is InChI=1S/C34H47FN4/c1-24(8-6-9-28-10-7-11-30(35)21-28)12-13-32(38-27(4)39-33-20-25(2)14-19-37-33)31-23-34(31,5)22-26(3)29-15-17-36-18-16-29/h6-7,9-11,15,17,20,24,26,30H,8,12-14,16,18-19,21-23H2,1-5H3,(H,37,38,39). The van der Waals surface area contributed by atoms with Crippen molar-refractivity contribution in [3.8, 4) is 0 Å². The van der Waals surface area contributed by atoms with Gasteiger partial charge in [-0.15, -0.1) is 0 Å². The number of hydrogen-bond acceptors (Lipinski definition) is 3. The molecule has 0 aromatic rings. The van der Waals surface area contributed by atoms with Gasteiger partial charge >= 0.3 is 0 Å². The van der Waals surface area contributed by atoms with Crippen LogP contribution in [0, 0.1) is 17.3 Å². The summed E-state index contributed by atoms with van der Waals surface area (Å²) in [6, 6.07) is 0. The van der Waals surface area contributed by atoms with Crippen molar-refractivity contribution >= 4 is 17.9 Å². The molecule has 2 aliphatic carbocycles. The van der Waals surface area contributed by atoms with Crippen molar-refractivity contribution in [3.05, 3.63) is 70.5 Å². The van der Waals surface area contributed by atoms with E-state index in [0.717, 1.165) is 68.9 Å². The lowest BCUT2D eigenvalue weighted by molar-refractivity contribution is 0.397. The number of aliphatic imine (C=N–C) groups is 3. The number of alkyl halides is 1. The van der Waals surface area contributed by atoms with Crippen LogP contribution in [0.25, 0.3) is 0 Å². The number of amidine groups is 2. The minimum Gasteiger partial charge on any atom is -0.347 e. The van der Waals surface area contributed by atoms with E-state index in [1.165, 1.54) is 23.3 Å². The maximum absolute atomic E-state index is 13.6. The average Bonchev–Trinajstić information content (AvgIpc) is 3.57. The van der Waals surface area contributed by atoms with Gasteiger partial charge in [0.05, 0.1) is 0 Å². The SMILES string of the molecule is CC1=CC(N=C(C)NC(CCC(C)CC=CC2=CC=CC(F)C2)=C2CC2(C)CC(C)C2=CC=NCC2)=NCC1. The molecule has 0 spiro atoms. The third-order valence-corrected chi connectivity index (χ3v) is 8.44. The monoisotopic (exact) mass is 530 g/mol. The van der Waals surface area contributed by atoms with E-state index in [2.05, 4.69) is 74.2 Å². The van der Waals surface area contributed by atoms with Gasteiger partial charge in [0.25, 0.3) is 0 Å². The van der Waals surface area contributed by atoms with Gasteiger partial charge < -0.3 is 5.32 Å². The number of rotatable bonds is 10. The van der Waals surface area contributed by atoms with Crippen molar-refractivity contribution in [2.24, 2.45) is 32.2 Å². The molecule has 1 fully saturated rings. The molecule has 4 atom stereocenters. The van der Waals surface area contributed by atoms with Gasteiger partial charge in [-0.1, -0.05) is 62.3 Å². The maximum Gasteiger partial charge on any atom is 0.149 e. The Bertz CT molecular complexity index is 1180. The van der Waals surface area contributed by atoms with E-state index in [1.807, 2.05) is 18.4 Å². The predicted molar refractivity (Wildman–Crippen MR) is 165 cm³/mol. The highest BCUT2D eigenvalue weighted by Crippen LogP contribution is 2.58. The van der Waals surface area contributed by atoms with Crippen molar-refractivity contribution in [2.45, 2.75) is 92.2 Å². The van der Waals surface area contributed by atoms with Gasteiger partial charge in [0, 0.05) is 31.4 Å². The van der Waals surface area contributed by atoms with Crippen molar-refractivity contribution in [1.82, 2.24) is 5.32 Å². The number of nitrogens with one attached hydrogen (secondary N) is 1. The molecule has 4 unspecified atom stereocenters. The smallest absolute Gasteiger partial charge is 0.149 e. The van der Waals surface area contributed by atoms with Crippen molar-refractivity contribution < 1.29 is 4.39 Å². The summed E-state index contributed by atoms with van der Waals surface area (Å²) in [5.41, 5.74) is 7.09. The molecule has 0 saturated heterocycles. The summed E-state index contributed by atoms with van der Waals surface area (Å²) in [5.74, 6) is 2.85. The van der Waals surface area contributed by atoms with Gasteiger partial charge in [0.15, 0.2) is 0 Å². The third kappa shape index (κ3) is 8.84. The molecule has 210 valence electrons. The van der Waals surface area contributed by atoms with Crippen molar-refractivity contribution in [1.29, 1.82) is 0 Å². The van der Waals surface area contributed by atoms with E-state index >= 15 is 0 Å². The molecule has 0 aromatic heterocycles. The molecular formula is C34H47FN4. The van der Waals surface area contributed by atoms with E-state index < -0.39 is 6.17 Å². The van der Waals surface area contributed by atoms with Gasteiger partial charge in [0.2, 0.25) is 0 Å². The second kappa shape index (κ2) is 13.5. The first-order valence-electron chi connectivity index (χ1n) is 14.8. The summed E-state index contributed by atoms with van der Waals surface area (Å²) in [5, 5.41) is 3.72. The zero-order valence-corrected chi connectivity index (χ0v) is 24.6.